The quantitative estimate of drug-likeness (QED) is 0.623. The first-order valence-corrected chi connectivity index (χ1v) is 11.6. The van der Waals surface area contributed by atoms with Crippen LogP contribution in [0.4, 0.5) is 5.69 Å². The SMILES string of the molecule is CC[C@@H](C(=O)N[C@@H](C)c1cc(OC)ccc1OC)N(c1cccc(Cl)c1)S(C)(=O)=O. The maximum Gasteiger partial charge on any atom is 0.244 e. The molecule has 9 heteroatoms. The molecule has 0 saturated carbocycles. The lowest BCUT2D eigenvalue weighted by atomic mass is 10.1. The van der Waals surface area contributed by atoms with Gasteiger partial charge in [0, 0.05) is 10.6 Å². The molecule has 2 rings (SSSR count). The molecule has 164 valence electrons. The fourth-order valence-electron chi connectivity index (χ4n) is 3.24. The molecule has 0 aliphatic rings. The van der Waals surface area contributed by atoms with E-state index in [0.717, 1.165) is 10.6 Å². The summed E-state index contributed by atoms with van der Waals surface area (Å²) in [4.78, 5) is 13.1. The third-order valence-electron chi connectivity index (χ3n) is 4.65. The van der Waals surface area contributed by atoms with Gasteiger partial charge in [0.15, 0.2) is 0 Å². The van der Waals surface area contributed by atoms with Gasteiger partial charge in [-0.3, -0.25) is 9.10 Å². The average Bonchev–Trinajstić information content (AvgIpc) is 2.70. The topological polar surface area (TPSA) is 84.9 Å². The van der Waals surface area contributed by atoms with Crippen LogP contribution in [0.25, 0.3) is 0 Å². The number of amides is 1. The Kier molecular flexibility index (Phi) is 7.97. The summed E-state index contributed by atoms with van der Waals surface area (Å²) >= 11 is 6.04. The standard InChI is InChI=1S/C21H27ClN2O5S/c1-6-19(24(30(5,26)27)16-9-7-8-15(22)12-16)21(25)23-14(2)18-13-17(28-3)10-11-20(18)29-4/h7-14,19H,6H2,1-5H3,(H,23,25)/t14-,19-/m0/s1. The number of nitrogens with zero attached hydrogens (tertiary/aromatic N) is 1. The van der Waals surface area contributed by atoms with E-state index < -0.39 is 28.0 Å². The Balaban J connectivity index is 2.37. The number of ether oxygens (including phenoxy) is 2. The Morgan fingerprint density at radius 3 is 2.40 bits per heavy atom. The van der Waals surface area contributed by atoms with E-state index in [1.54, 1.807) is 64.5 Å². The minimum atomic E-state index is -3.75. The van der Waals surface area contributed by atoms with Crippen LogP contribution in [0.3, 0.4) is 0 Å². The second-order valence-corrected chi connectivity index (χ2v) is 9.10. The number of sulfonamides is 1. The fourth-order valence-corrected chi connectivity index (χ4v) is 4.63. The van der Waals surface area contributed by atoms with Gasteiger partial charge >= 0.3 is 0 Å². The molecular formula is C21H27ClN2O5S. The smallest absolute Gasteiger partial charge is 0.244 e. The maximum absolute atomic E-state index is 13.1. The summed E-state index contributed by atoms with van der Waals surface area (Å²) in [6, 6.07) is 10.3. The summed E-state index contributed by atoms with van der Waals surface area (Å²) in [7, 11) is -0.652. The van der Waals surface area contributed by atoms with E-state index in [1.165, 1.54) is 6.07 Å². The molecule has 1 amide bonds. The highest BCUT2D eigenvalue weighted by atomic mass is 35.5. The van der Waals surface area contributed by atoms with Gasteiger partial charge in [-0.2, -0.15) is 0 Å². The molecule has 0 radical (unpaired) electrons. The van der Waals surface area contributed by atoms with Crippen LogP contribution in [0.5, 0.6) is 11.5 Å². The van der Waals surface area contributed by atoms with E-state index in [1.807, 2.05) is 0 Å². The Bertz CT molecular complexity index is 997. The summed E-state index contributed by atoms with van der Waals surface area (Å²) in [6.45, 7) is 3.55. The van der Waals surface area contributed by atoms with Crippen molar-refractivity contribution in [1.82, 2.24) is 5.32 Å². The normalized spacial score (nSPS) is 13.3. The predicted octanol–water partition coefficient (Wildman–Crippen LogP) is 3.78. The van der Waals surface area contributed by atoms with Crippen molar-refractivity contribution in [1.29, 1.82) is 0 Å². The van der Waals surface area contributed by atoms with Crippen LogP contribution in [0.15, 0.2) is 42.5 Å². The van der Waals surface area contributed by atoms with Gasteiger partial charge in [-0.05, 0) is 49.7 Å². The number of carbonyl (C=O) groups is 1. The molecule has 2 aromatic rings. The number of hydrogen-bond donors (Lipinski definition) is 1. The number of methoxy groups -OCH3 is 2. The zero-order valence-electron chi connectivity index (χ0n) is 17.7. The molecule has 0 fully saturated rings. The highest BCUT2D eigenvalue weighted by Gasteiger charge is 2.32. The summed E-state index contributed by atoms with van der Waals surface area (Å²) in [5.41, 5.74) is 1.05. The highest BCUT2D eigenvalue weighted by Crippen LogP contribution is 2.30. The lowest BCUT2D eigenvalue weighted by molar-refractivity contribution is -0.122. The Morgan fingerprint density at radius 1 is 1.17 bits per heavy atom. The van der Waals surface area contributed by atoms with Gasteiger partial charge in [0.2, 0.25) is 15.9 Å². The first kappa shape index (κ1) is 23.8. The van der Waals surface area contributed by atoms with Gasteiger partial charge in [0.05, 0.1) is 32.2 Å². The number of nitrogens with one attached hydrogen (secondary N) is 1. The van der Waals surface area contributed by atoms with E-state index in [9.17, 15) is 13.2 Å². The second-order valence-electron chi connectivity index (χ2n) is 6.80. The Hall–Kier alpha value is -2.45. The molecule has 2 aromatic carbocycles. The largest absolute Gasteiger partial charge is 0.497 e. The summed E-state index contributed by atoms with van der Waals surface area (Å²) in [6.07, 6.45) is 1.34. The van der Waals surface area contributed by atoms with E-state index in [4.69, 9.17) is 21.1 Å². The molecule has 0 aliphatic carbocycles. The van der Waals surface area contributed by atoms with Crippen molar-refractivity contribution in [3.8, 4) is 11.5 Å². The van der Waals surface area contributed by atoms with Crippen molar-refractivity contribution in [2.24, 2.45) is 0 Å². The van der Waals surface area contributed by atoms with Crippen molar-refractivity contribution in [3.63, 3.8) is 0 Å². The van der Waals surface area contributed by atoms with Gasteiger partial charge < -0.3 is 14.8 Å². The monoisotopic (exact) mass is 454 g/mol. The lowest BCUT2D eigenvalue weighted by Crippen LogP contribution is -2.49. The van der Waals surface area contributed by atoms with Crippen LogP contribution in [0, 0.1) is 0 Å². The molecule has 0 heterocycles. The molecule has 1 N–H and O–H groups in total. The van der Waals surface area contributed by atoms with Gasteiger partial charge in [0.25, 0.3) is 0 Å². The second kappa shape index (κ2) is 10.0. The number of halogens is 1. The number of rotatable bonds is 9. The van der Waals surface area contributed by atoms with Crippen molar-refractivity contribution in [2.45, 2.75) is 32.4 Å². The highest BCUT2D eigenvalue weighted by molar-refractivity contribution is 7.92. The van der Waals surface area contributed by atoms with Crippen molar-refractivity contribution < 1.29 is 22.7 Å². The molecule has 30 heavy (non-hydrogen) atoms. The van der Waals surface area contributed by atoms with Gasteiger partial charge in [-0.15, -0.1) is 0 Å². The summed E-state index contributed by atoms with van der Waals surface area (Å²) in [5, 5.41) is 3.28. The zero-order chi connectivity index (χ0) is 22.5. The molecule has 0 saturated heterocycles. The minimum Gasteiger partial charge on any atom is -0.497 e. The molecule has 0 bridgehead atoms. The number of hydrogen-bond acceptors (Lipinski definition) is 5. The molecule has 0 unspecified atom stereocenters. The van der Waals surface area contributed by atoms with E-state index in [-0.39, 0.29) is 6.42 Å². The molecule has 7 nitrogen and oxygen atoms in total. The van der Waals surface area contributed by atoms with Crippen LogP contribution in [-0.2, 0) is 14.8 Å². The third-order valence-corrected chi connectivity index (χ3v) is 6.07. The zero-order valence-corrected chi connectivity index (χ0v) is 19.3. The van der Waals surface area contributed by atoms with Gasteiger partial charge in [0.1, 0.15) is 17.5 Å². The van der Waals surface area contributed by atoms with Crippen LogP contribution >= 0.6 is 11.6 Å². The van der Waals surface area contributed by atoms with Gasteiger partial charge in [-0.1, -0.05) is 24.6 Å². The summed E-state index contributed by atoms with van der Waals surface area (Å²) in [5.74, 6) is 0.780. The van der Waals surface area contributed by atoms with Crippen LogP contribution in [0.2, 0.25) is 5.02 Å². The molecule has 2 atom stereocenters. The molecule has 0 aromatic heterocycles. The number of anilines is 1. The number of carbonyl (C=O) groups excluding carboxylic acids is 1. The van der Waals surface area contributed by atoms with E-state index in [0.29, 0.717) is 27.8 Å². The summed E-state index contributed by atoms with van der Waals surface area (Å²) < 4.78 is 36.9. The van der Waals surface area contributed by atoms with Crippen LogP contribution in [0.1, 0.15) is 31.9 Å². The van der Waals surface area contributed by atoms with Crippen molar-refractivity contribution >= 4 is 33.2 Å². The van der Waals surface area contributed by atoms with Crippen LogP contribution in [-0.4, -0.2) is 40.8 Å². The average molecular weight is 455 g/mol. The molecular weight excluding hydrogens is 428 g/mol. The first-order valence-electron chi connectivity index (χ1n) is 9.39. The lowest BCUT2D eigenvalue weighted by Gasteiger charge is -2.31. The Labute approximate surface area is 183 Å². The van der Waals surface area contributed by atoms with E-state index in [2.05, 4.69) is 5.32 Å². The number of benzene rings is 2. The van der Waals surface area contributed by atoms with Crippen molar-refractivity contribution in [2.75, 3.05) is 24.8 Å². The first-order chi connectivity index (χ1) is 14.1. The minimum absolute atomic E-state index is 0.271. The third kappa shape index (κ3) is 5.58. The van der Waals surface area contributed by atoms with Gasteiger partial charge in [-0.25, -0.2) is 8.42 Å². The fraction of sp³-hybridized carbons (Fsp3) is 0.381. The Morgan fingerprint density at radius 2 is 1.87 bits per heavy atom. The van der Waals surface area contributed by atoms with Crippen molar-refractivity contribution in [3.05, 3.63) is 53.1 Å². The van der Waals surface area contributed by atoms with E-state index >= 15 is 0 Å². The maximum atomic E-state index is 13.1. The molecule has 0 aliphatic heterocycles. The van der Waals surface area contributed by atoms with Crippen LogP contribution < -0.4 is 19.1 Å². The molecule has 0 spiro atoms. The predicted molar refractivity (Wildman–Crippen MR) is 119 cm³/mol.